The van der Waals surface area contributed by atoms with Gasteiger partial charge in [0.1, 0.15) is 17.7 Å². The molecule has 1 atom stereocenters. The van der Waals surface area contributed by atoms with Gasteiger partial charge in [-0.25, -0.2) is 13.6 Å². The average molecular weight is 269 g/mol. The number of aliphatic carboxylic acids is 1. The van der Waals surface area contributed by atoms with Crippen molar-refractivity contribution >= 4 is 11.9 Å². The van der Waals surface area contributed by atoms with Crippen molar-refractivity contribution in [2.24, 2.45) is 0 Å². The van der Waals surface area contributed by atoms with E-state index in [0.29, 0.717) is 19.4 Å². The molecule has 0 saturated carbocycles. The normalized spacial score (nSPS) is 18.6. The molecule has 102 valence electrons. The number of carboxylic acid groups (broad SMARTS) is 1. The third kappa shape index (κ3) is 2.89. The van der Waals surface area contributed by atoms with Gasteiger partial charge in [0.05, 0.1) is 6.42 Å². The summed E-state index contributed by atoms with van der Waals surface area (Å²) in [6.07, 6.45) is 0.675. The summed E-state index contributed by atoms with van der Waals surface area (Å²) in [6, 6.07) is 2.03. The average Bonchev–Trinajstić information content (AvgIpc) is 2.83. The number of rotatable bonds is 3. The van der Waals surface area contributed by atoms with Crippen molar-refractivity contribution in [2.45, 2.75) is 25.3 Å². The van der Waals surface area contributed by atoms with E-state index in [2.05, 4.69) is 0 Å². The summed E-state index contributed by atoms with van der Waals surface area (Å²) in [6.45, 7) is 0.340. The molecule has 0 aromatic heterocycles. The van der Waals surface area contributed by atoms with Crippen LogP contribution in [0, 0.1) is 11.6 Å². The predicted octanol–water partition coefficient (Wildman–Crippen LogP) is 1.58. The van der Waals surface area contributed by atoms with Crippen LogP contribution in [-0.4, -0.2) is 34.5 Å². The lowest BCUT2D eigenvalue weighted by atomic mass is 10.1. The Bertz CT molecular complexity index is 519. The molecule has 1 amide bonds. The van der Waals surface area contributed by atoms with Crippen LogP contribution < -0.4 is 0 Å². The van der Waals surface area contributed by atoms with Gasteiger partial charge in [-0.15, -0.1) is 0 Å². The van der Waals surface area contributed by atoms with Gasteiger partial charge in [-0.2, -0.15) is 0 Å². The van der Waals surface area contributed by atoms with Gasteiger partial charge in [0.15, 0.2) is 0 Å². The highest BCUT2D eigenvalue weighted by Crippen LogP contribution is 2.20. The zero-order valence-electron chi connectivity index (χ0n) is 10.1. The van der Waals surface area contributed by atoms with E-state index in [1.54, 1.807) is 0 Å². The maximum atomic E-state index is 13.4. The van der Waals surface area contributed by atoms with Crippen LogP contribution in [0.15, 0.2) is 18.2 Å². The Morgan fingerprint density at radius 1 is 1.37 bits per heavy atom. The number of likely N-dealkylation sites (tertiary alicyclic amines) is 1. The monoisotopic (exact) mass is 269 g/mol. The molecule has 1 heterocycles. The Labute approximate surface area is 108 Å². The molecule has 0 bridgehead atoms. The number of carbonyl (C=O) groups excluding carboxylic acids is 1. The third-order valence-electron chi connectivity index (χ3n) is 3.21. The number of carbonyl (C=O) groups is 2. The van der Waals surface area contributed by atoms with Crippen molar-refractivity contribution < 1.29 is 23.5 Å². The molecule has 1 saturated heterocycles. The Balaban J connectivity index is 2.12. The van der Waals surface area contributed by atoms with E-state index in [1.807, 2.05) is 0 Å². The molecular weight excluding hydrogens is 256 g/mol. The first-order valence-electron chi connectivity index (χ1n) is 5.95. The molecule has 1 fully saturated rings. The van der Waals surface area contributed by atoms with Crippen molar-refractivity contribution in [3.8, 4) is 0 Å². The Kier molecular flexibility index (Phi) is 3.78. The molecule has 1 aliphatic heterocycles. The zero-order chi connectivity index (χ0) is 14.0. The number of carboxylic acids is 1. The minimum Gasteiger partial charge on any atom is -0.480 e. The van der Waals surface area contributed by atoms with E-state index in [1.165, 1.54) is 4.90 Å². The predicted molar refractivity (Wildman–Crippen MR) is 62.4 cm³/mol. The van der Waals surface area contributed by atoms with Crippen LogP contribution in [0.4, 0.5) is 8.78 Å². The molecule has 1 aliphatic rings. The summed E-state index contributed by atoms with van der Waals surface area (Å²) in [7, 11) is 0. The van der Waals surface area contributed by atoms with Crippen LogP contribution in [0.1, 0.15) is 18.4 Å². The number of amides is 1. The first-order chi connectivity index (χ1) is 8.99. The molecular formula is C13H13F2NO3. The lowest BCUT2D eigenvalue weighted by Crippen LogP contribution is -2.41. The quantitative estimate of drug-likeness (QED) is 0.906. The van der Waals surface area contributed by atoms with E-state index >= 15 is 0 Å². The standard InChI is InChI=1S/C13H13F2NO3/c14-9-3-4-10(15)8(6-9)7-12(17)16-5-1-2-11(16)13(18)19/h3-4,6,11H,1-2,5,7H2,(H,18,19)/t11-/m1/s1. The molecule has 19 heavy (non-hydrogen) atoms. The molecule has 2 rings (SSSR count). The summed E-state index contributed by atoms with van der Waals surface area (Å²) >= 11 is 0. The first kappa shape index (κ1) is 13.5. The zero-order valence-corrected chi connectivity index (χ0v) is 10.1. The largest absolute Gasteiger partial charge is 0.480 e. The Morgan fingerprint density at radius 3 is 2.79 bits per heavy atom. The summed E-state index contributed by atoms with van der Waals surface area (Å²) in [5.41, 5.74) is -0.0546. The highest BCUT2D eigenvalue weighted by atomic mass is 19.1. The number of halogens is 2. The first-order valence-corrected chi connectivity index (χ1v) is 5.95. The summed E-state index contributed by atoms with van der Waals surface area (Å²) in [5.74, 6) is -2.85. The fourth-order valence-electron chi connectivity index (χ4n) is 2.27. The number of hydrogen-bond donors (Lipinski definition) is 1. The Morgan fingerprint density at radius 2 is 2.11 bits per heavy atom. The molecule has 4 nitrogen and oxygen atoms in total. The number of benzene rings is 1. The van der Waals surface area contributed by atoms with Crippen molar-refractivity contribution in [3.05, 3.63) is 35.4 Å². The third-order valence-corrected chi connectivity index (χ3v) is 3.21. The van der Waals surface area contributed by atoms with E-state index in [-0.39, 0.29) is 12.0 Å². The summed E-state index contributed by atoms with van der Waals surface area (Å²) in [5, 5.41) is 8.97. The summed E-state index contributed by atoms with van der Waals surface area (Å²) in [4.78, 5) is 24.1. The van der Waals surface area contributed by atoms with E-state index in [4.69, 9.17) is 5.11 Å². The summed E-state index contributed by atoms with van der Waals surface area (Å²) < 4.78 is 26.4. The SMILES string of the molecule is O=C(O)[C@H]1CCCN1C(=O)Cc1cc(F)ccc1F. The second kappa shape index (κ2) is 5.34. The van der Waals surface area contributed by atoms with E-state index in [0.717, 1.165) is 18.2 Å². The molecule has 0 spiro atoms. The fraction of sp³-hybridized carbons (Fsp3) is 0.385. The number of nitrogens with zero attached hydrogens (tertiary/aromatic N) is 1. The highest BCUT2D eigenvalue weighted by molar-refractivity contribution is 5.85. The molecule has 1 aromatic rings. The van der Waals surface area contributed by atoms with Crippen LogP contribution in [0.5, 0.6) is 0 Å². The van der Waals surface area contributed by atoms with E-state index in [9.17, 15) is 18.4 Å². The van der Waals surface area contributed by atoms with Crippen molar-refractivity contribution in [1.29, 1.82) is 0 Å². The van der Waals surface area contributed by atoms with Crippen molar-refractivity contribution in [1.82, 2.24) is 4.90 Å². The molecule has 6 heteroatoms. The van der Waals surface area contributed by atoms with E-state index < -0.39 is 29.6 Å². The van der Waals surface area contributed by atoms with Gasteiger partial charge in [0.2, 0.25) is 5.91 Å². The minimum atomic E-state index is -1.06. The smallest absolute Gasteiger partial charge is 0.326 e. The van der Waals surface area contributed by atoms with Crippen LogP contribution in [-0.2, 0) is 16.0 Å². The van der Waals surface area contributed by atoms with Gasteiger partial charge in [0.25, 0.3) is 0 Å². The number of hydrogen-bond acceptors (Lipinski definition) is 2. The van der Waals surface area contributed by atoms with Gasteiger partial charge >= 0.3 is 5.97 Å². The van der Waals surface area contributed by atoms with Gasteiger partial charge in [-0.3, -0.25) is 4.79 Å². The van der Waals surface area contributed by atoms with Crippen molar-refractivity contribution in [3.63, 3.8) is 0 Å². The van der Waals surface area contributed by atoms with Gasteiger partial charge in [-0.05, 0) is 31.0 Å². The molecule has 1 N–H and O–H groups in total. The van der Waals surface area contributed by atoms with Gasteiger partial charge < -0.3 is 10.0 Å². The lowest BCUT2D eigenvalue weighted by Gasteiger charge is -2.21. The lowest BCUT2D eigenvalue weighted by molar-refractivity contribution is -0.148. The van der Waals surface area contributed by atoms with Crippen LogP contribution in [0.25, 0.3) is 0 Å². The van der Waals surface area contributed by atoms with Crippen LogP contribution in [0.2, 0.25) is 0 Å². The minimum absolute atomic E-state index is 0.0546. The van der Waals surface area contributed by atoms with Gasteiger partial charge in [0, 0.05) is 12.1 Å². The van der Waals surface area contributed by atoms with Gasteiger partial charge in [-0.1, -0.05) is 0 Å². The van der Waals surface area contributed by atoms with Crippen molar-refractivity contribution in [2.75, 3.05) is 6.54 Å². The molecule has 0 radical (unpaired) electrons. The van der Waals surface area contributed by atoms with Crippen LogP contribution >= 0.6 is 0 Å². The Hall–Kier alpha value is -1.98. The molecule has 0 unspecified atom stereocenters. The maximum Gasteiger partial charge on any atom is 0.326 e. The fourth-order valence-corrected chi connectivity index (χ4v) is 2.27. The van der Waals surface area contributed by atoms with Crippen LogP contribution in [0.3, 0.4) is 0 Å². The topological polar surface area (TPSA) is 57.6 Å². The second-order valence-electron chi connectivity index (χ2n) is 4.50. The maximum absolute atomic E-state index is 13.4. The highest BCUT2D eigenvalue weighted by Gasteiger charge is 2.33. The second-order valence-corrected chi connectivity index (χ2v) is 4.50. The molecule has 1 aromatic carbocycles. The molecule has 0 aliphatic carbocycles.